The minimum Gasteiger partial charge on any atom is -0.347 e. The maximum absolute atomic E-state index is 3.99. The number of rotatable bonds is 3. The zero-order chi connectivity index (χ0) is 9.84. The maximum Gasteiger partial charge on any atom is 0.228 e. The Morgan fingerprint density at radius 3 is 2.77 bits per heavy atom. The van der Waals surface area contributed by atoms with Crippen LogP contribution >= 0.6 is 0 Å². The van der Waals surface area contributed by atoms with Gasteiger partial charge in [0.1, 0.15) is 12.7 Å². The van der Waals surface area contributed by atoms with Gasteiger partial charge >= 0.3 is 0 Å². The molecule has 0 radical (unpaired) electrons. The van der Waals surface area contributed by atoms with E-state index in [-0.39, 0.29) is 0 Å². The lowest BCUT2D eigenvalue weighted by Crippen LogP contribution is -2.34. The van der Waals surface area contributed by atoms with Gasteiger partial charge in [-0.3, -0.25) is 0 Å². The zero-order valence-corrected chi connectivity index (χ0v) is 8.20. The summed E-state index contributed by atoms with van der Waals surface area (Å²) in [5.74, 6) is 0. The van der Waals surface area contributed by atoms with Crippen molar-refractivity contribution in [3.05, 3.63) is 49.4 Å². The molecule has 1 aromatic rings. The molecule has 0 aromatic carbocycles. The van der Waals surface area contributed by atoms with Crippen LogP contribution in [0.5, 0.6) is 0 Å². The van der Waals surface area contributed by atoms with Gasteiger partial charge in [0.2, 0.25) is 5.69 Å². The van der Waals surface area contributed by atoms with E-state index in [9.17, 15) is 0 Å². The zero-order valence-electron chi connectivity index (χ0n) is 8.20. The second kappa shape index (κ2) is 3.90. The standard InChI is InChI=1S/C11H15N2/c1-5-12(3)10(2)11-8-6-7-9-13(11)4/h5-9H,1-2H2,3-4H3/q+1. The van der Waals surface area contributed by atoms with Gasteiger partial charge in [0.05, 0.1) is 0 Å². The second-order valence-corrected chi connectivity index (χ2v) is 2.94. The van der Waals surface area contributed by atoms with Crippen LogP contribution in [0.4, 0.5) is 0 Å². The number of aromatic nitrogens is 1. The molecule has 0 saturated carbocycles. The summed E-state index contributed by atoms with van der Waals surface area (Å²) in [6.07, 6.45) is 3.74. The van der Waals surface area contributed by atoms with Crippen molar-refractivity contribution in [3.63, 3.8) is 0 Å². The molecule has 0 aliphatic heterocycles. The molecular weight excluding hydrogens is 160 g/mol. The van der Waals surface area contributed by atoms with Crippen LogP contribution < -0.4 is 4.57 Å². The molecule has 0 unspecified atom stereocenters. The molecule has 0 N–H and O–H groups in total. The quantitative estimate of drug-likeness (QED) is 0.632. The summed E-state index contributed by atoms with van der Waals surface area (Å²) < 4.78 is 2.03. The van der Waals surface area contributed by atoms with Crippen LogP contribution in [-0.2, 0) is 7.05 Å². The lowest BCUT2D eigenvalue weighted by atomic mass is 10.2. The Balaban J connectivity index is 3.02. The monoisotopic (exact) mass is 175 g/mol. The predicted molar refractivity (Wildman–Crippen MR) is 54.6 cm³/mol. The summed E-state index contributed by atoms with van der Waals surface area (Å²) in [5, 5.41) is 0. The molecule has 68 valence electrons. The molecule has 2 heteroatoms. The Labute approximate surface area is 79.4 Å². The number of hydrogen-bond acceptors (Lipinski definition) is 1. The number of hydrogen-bond donors (Lipinski definition) is 0. The normalized spacial score (nSPS) is 9.38. The van der Waals surface area contributed by atoms with Crippen LogP contribution in [0.2, 0.25) is 0 Å². The first-order valence-corrected chi connectivity index (χ1v) is 4.16. The highest BCUT2D eigenvalue weighted by Gasteiger charge is 2.10. The smallest absolute Gasteiger partial charge is 0.228 e. The van der Waals surface area contributed by atoms with E-state index in [0.29, 0.717) is 0 Å². The lowest BCUT2D eigenvalue weighted by Gasteiger charge is -2.13. The minimum absolute atomic E-state index is 0.943. The van der Waals surface area contributed by atoms with Crippen LogP contribution in [0.25, 0.3) is 5.70 Å². The Morgan fingerprint density at radius 1 is 1.54 bits per heavy atom. The average Bonchev–Trinajstić information content (AvgIpc) is 2.16. The van der Waals surface area contributed by atoms with Crippen molar-refractivity contribution in [2.75, 3.05) is 7.05 Å². The summed E-state index contributed by atoms with van der Waals surface area (Å²) in [5.41, 5.74) is 2.03. The van der Waals surface area contributed by atoms with Gasteiger partial charge in [-0.1, -0.05) is 13.2 Å². The largest absolute Gasteiger partial charge is 0.347 e. The van der Waals surface area contributed by atoms with Crippen LogP contribution in [0.1, 0.15) is 5.69 Å². The van der Waals surface area contributed by atoms with Crippen LogP contribution in [0.15, 0.2) is 43.8 Å². The molecule has 13 heavy (non-hydrogen) atoms. The van der Waals surface area contributed by atoms with Gasteiger partial charge in [0.15, 0.2) is 6.20 Å². The molecule has 1 heterocycles. The molecule has 1 aromatic heterocycles. The van der Waals surface area contributed by atoms with Crippen molar-refractivity contribution >= 4 is 5.70 Å². The highest BCUT2D eigenvalue weighted by molar-refractivity contribution is 5.56. The van der Waals surface area contributed by atoms with Crippen LogP contribution in [0.3, 0.4) is 0 Å². The van der Waals surface area contributed by atoms with Gasteiger partial charge in [-0.25, -0.2) is 0 Å². The summed E-state index contributed by atoms with van der Waals surface area (Å²) in [6.45, 7) is 7.68. The molecular formula is C11H15N2+. The molecule has 0 amide bonds. The third-order valence-electron chi connectivity index (χ3n) is 2.05. The summed E-state index contributed by atoms with van der Waals surface area (Å²) in [6, 6.07) is 6.02. The molecule has 2 nitrogen and oxygen atoms in total. The predicted octanol–water partition coefficient (Wildman–Crippen LogP) is 1.56. The minimum atomic E-state index is 0.943. The molecule has 0 aliphatic rings. The number of pyridine rings is 1. The average molecular weight is 175 g/mol. The Morgan fingerprint density at radius 2 is 2.23 bits per heavy atom. The second-order valence-electron chi connectivity index (χ2n) is 2.94. The van der Waals surface area contributed by atoms with Crippen molar-refractivity contribution < 1.29 is 4.57 Å². The maximum atomic E-state index is 3.99. The highest BCUT2D eigenvalue weighted by atomic mass is 15.1. The summed E-state index contributed by atoms with van der Waals surface area (Å²) in [4.78, 5) is 1.90. The van der Waals surface area contributed by atoms with Crippen molar-refractivity contribution in [3.8, 4) is 0 Å². The first-order valence-electron chi connectivity index (χ1n) is 4.16. The molecule has 0 saturated heterocycles. The first kappa shape index (κ1) is 9.52. The Hall–Kier alpha value is -1.57. The van der Waals surface area contributed by atoms with Gasteiger partial charge in [-0.05, 0) is 12.3 Å². The fraction of sp³-hybridized carbons (Fsp3) is 0.182. The van der Waals surface area contributed by atoms with Gasteiger partial charge < -0.3 is 4.90 Å². The van der Waals surface area contributed by atoms with E-state index in [1.807, 2.05) is 48.0 Å². The fourth-order valence-corrected chi connectivity index (χ4v) is 1.11. The SMILES string of the molecule is C=CN(C)C(=C)c1cccc[n+]1C. The van der Waals surface area contributed by atoms with Crippen LogP contribution in [0, 0.1) is 0 Å². The lowest BCUT2D eigenvalue weighted by molar-refractivity contribution is -0.674. The van der Waals surface area contributed by atoms with E-state index < -0.39 is 0 Å². The van der Waals surface area contributed by atoms with Crippen molar-refractivity contribution in [1.82, 2.24) is 4.90 Å². The Bertz CT molecular complexity index is 329. The van der Waals surface area contributed by atoms with E-state index in [0.717, 1.165) is 11.4 Å². The molecule has 0 aliphatic carbocycles. The molecule has 0 atom stereocenters. The highest BCUT2D eigenvalue weighted by Crippen LogP contribution is 2.10. The molecule has 1 rings (SSSR count). The topological polar surface area (TPSA) is 7.12 Å². The number of aryl methyl sites for hydroxylation is 1. The van der Waals surface area contributed by atoms with E-state index >= 15 is 0 Å². The van der Waals surface area contributed by atoms with Crippen LogP contribution in [-0.4, -0.2) is 11.9 Å². The summed E-state index contributed by atoms with van der Waals surface area (Å²) in [7, 11) is 3.93. The molecule has 0 fully saturated rings. The first-order chi connectivity index (χ1) is 6.16. The van der Waals surface area contributed by atoms with E-state index in [1.165, 1.54) is 0 Å². The Kier molecular flexibility index (Phi) is 2.85. The van der Waals surface area contributed by atoms with Gasteiger partial charge in [0, 0.05) is 19.2 Å². The van der Waals surface area contributed by atoms with E-state index in [2.05, 4.69) is 13.2 Å². The van der Waals surface area contributed by atoms with Gasteiger partial charge in [-0.15, -0.1) is 0 Å². The third-order valence-corrected chi connectivity index (χ3v) is 2.05. The van der Waals surface area contributed by atoms with Crippen molar-refractivity contribution in [2.24, 2.45) is 7.05 Å². The van der Waals surface area contributed by atoms with Crippen molar-refractivity contribution in [1.29, 1.82) is 0 Å². The molecule has 0 spiro atoms. The van der Waals surface area contributed by atoms with Gasteiger partial charge in [-0.2, -0.15) is 4.57 Å². The summed E-state index contributed by atoms with van der Waals surface area (Å²) >= 11 is 0. The van der Waals surface area contributed by atoms with E-state index in [4.69, 9.17) is 0 Å². The fourth-order valence-electron chi connectivity index (χ4n) is 1.11. The third kappa shape index (κ3) is 1.96. The number of nitrogens with zero attached hydrogens (tertiary/aromatic N) is 2. The van der Waals surface area contributed by atoms with Crippen molar-refractivity contribution in [2.45, 2.75) is 0 Å². The van der Waals surface area contributed by atoms with E-state index in [1.54, 1.807) is 6.20 Å². The molecule has 0 bridgehead atoms. The van der Waals surface area contributed by atoms with Gasteiger partial charge in [0.25, 0.3) is 0 Å².